The number of thiophene rings is 1. The second kappa shape index (κ2) is 5.28. The summed E-state index contributed by atoms with van der Waals surface area (Å²) in [6, 6.07) is 1.72. The van der Waals surface area contributed by atoms with Crippen molar-refractivity contribution in [3.8, 4) is 0 Å². The van der Waals surface area contributed by atoms with Gasteiger partial charge in [-0.3, -0.25) is 9.59 Å². The Balaban J connectivity index is 1.97. The van der Waals surface area contributed by atoms with E-state index >= 15 is 0 Å². The van der Waals surface area contributed by atoms with E-state index in [9.17, 15) is 9.59 Å². The number of hydrogen-bond acceptors (Lipinski definition) is 3. The molecule has 4 nitrogen and oxygen atoms in total. The van der Waals surface area contributed by atoms with E-state index in [1.54, 1.807) is 35.3 Å². The fraction of sp³-hybridized carbons (Fsp3) is 0.500. The third kappa shape index (κ3) is 2.67. The van der Waals surface area contributed by atoms with Crippen molar-refractivity contribution in [2.75, 3.05) is 27.2 Å². The molecule has 6 heteroatoms. The molecule has 0 spiro atoms. The maximum atomic E-state index is 12.1. The Labute approximate surface area is 115 Å². The van der Waals surface area contributed by atoms with Crippen LogP contribution in [0.4, 0.5) is 0 Å². The Hall–Kier alpha value is -1.07. The lowest BCUT2D eigenvalue weighted by Gasteiger charge is -2.20. The highest BCUT2D eigenvalue weighted by Crippen LogP contribution is 2.24. The Morgan fingerprint density at radius 1 is 1.67 bits per heavy atom. The summed E-state index contributed by atoms with van der Waals surface area (Å²) in [5, 5.41) is 2.30. The molecule has 98 valence electrons. The quantitative estimate of drug-likeness (QED) is 0.852. The lowest BCUT2D eigenvalue weighted by Crippen LogP contribution is -2.32. The zero-order valence-electron chi connectivity index (χ0n) is 10.4. The molecule has 1 aromatic rings. The first-order valence-electron chi connectivity index (χ1n) is 5.71. The maximum absolute atomic E-state index is 12.1. The molecule has 1 saturated heterocycles. The van der Waals surface area contributed by atoms with Gasteiger partial charge in [-0.15, -0.1) is 11.3 Å². The molecule has 2 amide bonds. The van der Waals surface area contributed by atoms with Crippen molar-refractivity contribution >= 4 is 34.8 Å². The molecule has 0 unspecified atom stereocenters. The van der Waals surface area contributed by atoms with E-state index in [0.717, 1.165) is 0 Å². The second-order valence-corrected chi connectivity index (χ2v) is 5.95. The van der Waals surface area contributed by atoms with Gasteiger partial charge in [-0.2, -0.15) is 0 Å². The summed E-state index contributed by atoms with van der Waals surface area (Å²) >= 11 is 7.29. The van der Waals surface area contributed by atoms with Crippen LogP contribution in [-0.4, -0.2) is 48.8 Å². The average Bonchev–Trinajstić information content (AvgIpc) is 2.85. The number of amides is 2. The molecular weight excluding hydrogens is 272 g/mol. The van der Waals surface area contributed by atoms with Gasteiger partial charge >= 0.3 is 0 Å². The highest BCUT2D eigenvalue weighted by molar-refractivity contribution is 7.12. The molecule has 0 saturated carbocycles. The Bertz CT molecular complexity index is 474. The van der Waals surface area contributed by atoms with Crippen LogP contribution in [0.2, 0.25) is 5.02 Å². The van der Waals surface area contributed by atoms with Crippen molar-refractivity contribution in [3.05, 3.63) is 21.3 Å². The molecule has 1 aliphatic heterocycles. The molecule has 0 aromatic carbocycles. The summed E-state index contributed by atoms with van der Waals surface area (Å²) in [5.74, 6) is 0.294. The molecule has 0 radical (unpaired) electrons. The highest BCUT2D eigenvalue weighted by atomic mass is 35.5. The summed E-state index contributed by atoms with van der Waals surface area (Å²) in [4.78, 5) is 27.5. The number of likely N-dealkylation sites (tertiary alicyclic amines) is 1. The fourth-order valence-electron chi connectivity index (χ4n) is 2.17. The van der Waals surface area contributed by atoms with Crippen molar-refractivity contribution in [1.82, 2.24) is 9.80 Å². The third-order valence-electron chi connectivity index (χ3n) is 3.11. The monoisotopic (exact) mass is 286 g/mol. The second-order valence-electron chi connectivity index (χ2n) is 4.63. The maximum Gasteiger partial charge on any atom is 0.265 e. The summed E-state index contributed by atoms with van der Waals surface area (Å²) in [5.41, 5.74) is 0. The first-order valence-corrected chi connectivity index (χ1v) is 6.97. The van der Waals surface area contributed by atoms with E-state index in [-0.39, 0.29) is 17.7 Å². The lowest BCUT2D eigenvalue weighted by atomic mass is 10.1. The minimum Gasteiger partial charge on any atom is -0.345 e. The first-order chi connectivity index (χ1) is 8.49. The van der Waals surface area contributed by atoms with Crippen LogP contribution in [0.25, 0.3) is 0 Å². The molecule has 0 N–H and O–H groups in total. The van der Waals surface area contributed by atoms with Crippen molar-refractivity contribution in [1.29, 1.82) is 0 Å². The van der Waals surface area contributed by atoms with Gasteiger partial charge in [-0.1, -0.05) is 11.6 Å². The summed E-state index contributed by atoms with van der Waals surface area (Å²) in [6.45, 7) is 1.30. The van der Waals surface area contributed by atoms with Gasteiger partial charge < -0.3 is 9.80 Å². The van der Waals surface area contributed by atoms with Crippen LogP contribution in [0.5, 0.6) is 0 Å². The van der Waals surface area contributed by atoms with Gasteiger partial charge in [0.25, 0.3) is 5.91 Å². The molecule has 2 heterocycles. The number of carbonyl (C=O) groups excluding carboxylic acids is 2. The Morgan fingerprint density at radius 3 is 2.89 bits per heavy atom. The highest BCUT2D eigenvalue weighted by Gasteiger charge is 2.29. The van der Waals surface area contributed by atoms with Crippen LogP contribution in [0, 0.1) is 5.92 Å². The molecule has 18 heavy (non-hydrogen) atoms. The zero-order valence-corrected chi connectivity index (χ0v) is 11.9. The summed E-state index contributed by atoms with van der Waals surface area (Å²) in [6.07, 6.45) is 0.520. The number of rotatable bonds is 3. The van der Waals surface area contributed by atoms with E-state index < -0.39 is 0 Å². The van der Waals surface area contributed by atoms with Crippen LogP contribution < -0.4 is 0 Å². The lowest BCUT2D eigenvalue weighted by molar-refractivity contribution is -0.126. The molecule has 1 atom stereocenters. The van der Waals surface area contributed by atoms with E-state index in [4.69, 9.17) is 11.6 Å². The number of hydrogen-bond donors (Lipinski definition) is 0. The molecule has 0 bridgehead atoms. The SMILES string of the molecule is CN1C[C@@H](CN(C)C(=O)c2sccc2Cl)CC1=O. The van der Waals surface area contributed by atoms with E-state index in [2.05, 4.69) is 0 Å². The van der Waals surface area contributed by atoms with Gasteiger partial charge in [0.15, 0.2) is 0 Å². The van der Waals surface area contributed by atoms with Gasteiger partial charge in [-0.05, 0) is 11.4 Å². The van der Waals surface area contributed by atoms with E-state index in [0.29, 0.717) is 29.4 Å². The van der Waals surface area contributed by atoms with Crippen molar-refractivity contribution in [3.63, 3.8) is 0 Å². The van der Waals surface area contributed by atoms with Gasteiger partial charge in [0.1, 0.15) is 4.88 Å². The predicted molar refractivity (Wildman–Crippen MR) is 72.0 cm³/mol. The summed E-state index contributed by atoms with van der Waals surface area (Å²) in [7, 11) is 3.54. The minimum atomic E-state index is -0.0722. The van der Waals surface area contributed by atoms with Crippen LogP contribution in [0.3, 0.4) is 0 Å². The van der Waals surface area contributed by atoms with E-state index in [1.165, 1.54) is 11.3 Å². The van der Waals surface area contributed by atoms with Crippen molar-refractivity contribution in [2.24, 2.45) is 5.92 Å². The van der Waals surface area contributed by atoms with Crippen LogP contribution in [-0.2, 0) is 4.79 Å². The molecule has 1 fully saturated rings. The Morgan fingerprint density at radius 2 is 2.39 bits per heavy atom. The largest absolute Gasteiger partial charge is 0.345 e. The standard InChI is InChI=1S/C12H15ClN2O2S/c1-14-6-8(5-10(14)16)7-15(2)12(17)11-9(13)3-4-18-11/h3-4,8H,5-7H2,1-2H3/t8-/m0/s1. The zero-order chi connectivity index (χ0) is 13.3. The van der Waals surface area contributed by atoms with Crippen LogP contribution in [0.1, 0.15) is 16.1 Å². The Kier molecular flexibility index (Phi) is 3.92. The molecule has 1 aliphatic rings. The van der Waals surface area contributed by atoms with Gasteiger partial charge in [0.05, 0.1) is 5.02 Å². The smallest absolute Gasteiger partial charge is 0.265 e. The van der Waals surface area contributed by atoms with Crippen molar-refractivity contribution in [2.45, 2.75) is 6.42 Å². The third-order valence-corrected chi connectivity index (χ3v) is 4.44. The molecule has 2 rings (SSSR count). The summed E-state index contributed by atoms with van der Waals surface area (Å²) < 4.78 is 0. The first kappa shape index (κ1) is 13.4. The van der Waals surface area contributed by atoms with Gasteiger partial charge in [-0.25, -0.2) is 0 Å². The fourth-order valence-corrected chi connectivity index (χ4v) is 3.30. The van der Waals surface area contributed by atoms with E-state index in [1.807, 2.05) is 0 Å². The van der Waals surface area contributed by atoms with Gasteiger partial charge in [0, 0.05) is 39.5 Å². The molecule has 1 aromatic heterocycles. The topological polar surface area (TPSA) is 40.6 Å². The predicted octanol–water partition coefficient (Wildman–Crippen LogP) is 1.95. The number of nitrogens with zero attached hydrogens (tertiary/aromatic N) is 2. The minimum absolute atomic E-state index is 0.0722. The molecular formula is C12H15ClN2O2S. The molecule has 0 aliphatic carbocycles. The van der Waals surface area contributed by atoms with Gasteiger partial charge in [0.2, 0.25) is 5.91 Å². The van der Waals surface area contributed by atoms with Crippen LogP contribution in [0.15, 0.2) is 11.4 Å². The average molecular weight is 287 g/mol. The van der Waals surface area contributed by atoms with Crippen molar-refractivity contribution < 1.29 is 9.59 Å². The number of carbonyl (C=O) groups is 2. The normalized spacial score (nSPS) is 19.4. The number of halogens is 1. The van der Waals surface area contributed by atoms with Crippen LogP contribution >= 0.6 is 22.9 Å².